The third-order valence-electron chi connectivity index (χ3n) is 1.68. The normalized spacial score (nSPS) is 13.4. The SMILES string of the molecule is Cc1cc(CC(C)CO)cs1. The Hall–Kier alpha value is -0.340. The van der Waals surface area contributed by atoms with Gasteiger partial charge in [0.15, 0.2) is 0 Å². The number of rotatable bonds is 3. The fourth-order valence-corrected chi connectivity index (χ4v) is 1.79. The molecular formula is C9H14OS. The van der Waals surface area contributed by atoms with E-state index in [1.54, 1.807) is 11.3 Å². The topological polar surface area (TPSA) is 20.2 Å². The Balaban J connectivity index is 2.50. The number of aliphatic hydroxyl groups is 1. The Morgan fingerprint density at radius 2 is 2.36 bits per heavy atom. The van der Waals surface area contributed by atoms with Crippen LogP contribution in [-0.2, 0) is 6.42 Å². The molecule has 0 aliphatic heterocycles. The first-order valence-corrected chi connectivity index (χ1v) is 4.75. The van der Waals surface area contributed by atoms with Crippen molar-refractivity contribution in [3.8, 4) is 0 Å². The average Bonchev–Trinajstić information content (AvgIpc) is 2.35. The molecule has 0 aromatic carbocycles. The van der Waals surface area contributed by atoms with Crippen LogP contribution in [0, 0.1) is 12.8 Å². The van der Waals surface area contributed by atoms with Crippen LogP contribution in [-0.4, -0.2) is 11.7 Å². The van der Waals surface area contributed by atoms with Crippen molar-refractivity contribution in [2.24, 2.45) is 5.92 Å². The van der Waals surface area contributed by atoms with Gasteiger partial charge in [-0.2, -0.15) is 0 Å². The molecule has 62 valence electrons. The van der Waals surface area contributed by atoms with Crippen LogP contribution in [0.1, 0.15) is 17.4 Å². The molecule has 1 unspecified atom stereocenters. The highest BCUT2D eigenvalue weighted by Gasteiger charge is 2.02. The van der Waals surface area contributed by atoms with E-state index < -0.39 is 0 Å². The lowest BCUT2D eigenvalue weighted by Crippen LogP contribution is -2.03. The zero-order valence-electron chi connectivity index (χ0n) is 7.00. The summed E-state index contributed by atoms with van der Waals surface area (Å²) < 4.78 is 0. The van der Waals surface area contributed by atoms with E-state index in [-0.39, 0.29) is 6.61 Å². The second-order valence-corrected chi connectivity index (χ2v) is 4.17. The van der Waals surface area contributed by atoms with E-state index in [0.29, 0.717) is 5.92 Å². The summed E-state index contributed by atoms with van der Waals surface area (Å²) in [5.41, 5.74) is 1.36. The van der Waals surface area contributed by atoms with Gasteiger partial charge in [-0.15, -0.1) is 11.3 Å². The van der Waals surface area contributed by atoms with Gasteiger partial charge in [0.1, 0.15) is 0 Å². The summed E-state index contributed by atoms with van der Waals surface area (Å²) in [7, 11) is 0. The van der Waals surface area contributed by atoms with Crippen LogP contribution < -0.4 is 0 Å². The van der Waals surface area contributed by atoms with Gasteiger partial charge in [0, 0.05) is 11.5 Å². The van der Waals surface area contributed by atoms with Gasteiger partial charge in [-0.25, -0.2) is 0 Å². The maximum Gasteiger partial charge on any atom is 0.0459 e. The van der Waals surface area contributed by atoms with Crippen molar-refractivity contribution in [3.05, 3.63) is 21.9 Å². The summed E-state index contributed by atoms with van der Waals surface area (Å²) in [5, 5.41) is 11.0. The van der Waals surface area contributed by atoms with E-state index >= 15 is 0 Å². The number of hydrogen-bond acceptors (Lipinski definition) is 2. The molecule has 0 bridgehead atoms. The Labute approximate surface area is 71.7 Å². The highest BCUT2D eigenvalue weighted by atomic mass is 32.1. The van der Waals surface area contributed by atoms with Crippen LogP contribution in [0.25, 0.3) is 0 Å². The predicted molar refractivity (Wildman–Crippen MR) is 49.0 cm³/mol. The Morgan fingerprint density at radius 1 is 1.64 bits per heavy atom. The zero-order valence-corrected chi connectivity index (χ0v) is 7.82. The second-order valence-electron chi connectivity index (χ2n) is 3.06. The number of aliphatic hydroxyl groups excluding tert-OH is 1. The Kier molecular flexibility index (Phi) is 3.09. The molecule has 1 rings (SSSR count). The van der Waals surface area contributed by atoms with Crippen LogP contribution in [0.3, 0.4) is 0 Å². The molecule has 0 fully saturated rings. The summed E-state index contributed by atoms with van der Waals surface area (Å²) >= 11 is 1.78. The molecule has 0 saturated heterocycles. The number of hydrogen-bond donors (Lipinski definition) is 1. The lowest BCUT2D eigenvalue weighted by molar-refractivity contribution is 0.237. The second kappa shape index (κ2) is 3.88. The minimum absolute atomic E-state index is 0.287. The first-order chi connectivity index (χ1) is 5.22. The van der Waals surface area contributed by atoms with Crippen LogP contribution in [0.5, 0.6) is 0 Å². The molecule has 0 radical (unpaired) electrons. The summed E-state index contributed by atoms with van der Waals surface area (Å²) in [4.78, 5) is 1.35. The maximum absolute atomic E-state index is 8.81. The molecule has 2 heteroatoms. The zero-order chi connectivity index (χ0) is 8.27. The van der Waals surface area contributed by atoms with E-state index in [9.17, 15) is 0 Å². The van der Waals surface area contributed by atoms with Crippen LogP contribution in [0.2, 0.25) is 0 Å². The molecule has 1 aromatic rings. The van der Waals surface area contributed by atoms with Crippen molar-refractivity contribution in [2.75, 3.05) is 6.61 Å². The van der Waals surface area contributed by atoms with E-state index in [1.807, 2.05) is 0 Å². The summed E-state index contributed by atoms with van der Waals surface area (Å²) in [6.45, 7) is 4.46. The Morgan fingerprint density at radius 3 is 2.82 bits per heavy atom. The highest BCUT2D eigenvalue weighted by Crippen LogP contribution is 2.16. The number of aryl methyl sites for hydroxylation is 1. The molecule has 1 aromatic heterocycles. The van der Waals surface area contributed by atoms with Gasteiger partial charge in [-0.3, -0.25) is 0 Å². The van der Waals surface area contributed by atoms with Crippen molar-refractivity contribution in [3.63, 3.8) is 0 Å². The van der Waals surface area contributed by atoms with E-state index in [1.165, 1.54) is 10.4 Å². The standard InChI is InChI=1S/C9H14OS/c1-7(5-10)3-9-4-8(2)11-6-9/h4,6-7,10H,3,5H2,1-2H3. The van der Waals surface area contributed by atoms with E-state index in [4.69, 9.17) is 5.11 Å². The lowest BCUT2D eigenvalue weighted by atomic mass is 10.0. The largest absolute Gasteiger partial charge is 0.396 e. The fourth-order valence-electron chi connectivity index (χ4n) is 1.07. The summed E-state index contributed by atoms with van der Waals surface area (Å²) in [5.74, 6) is 0.393. The van der Waals surface area contributed by atoms with Gasteiger partial charge in [-0.05, 0) is 36.3 Å². The maximum atomic E-state index is 8.81. The van der Waals surface area contributed by atoms with Crippen LogP contribution in [0.4, 0.5) is 0 Å². The average molecular weight is 170 g/mol. The van der Waals surface area contributed by atoms with Gasteiger partial charge < -0.3 is 5.11 Å². The number of thiophene rings is 1. The monoisotopic (exact) mass is 170 g/mol. The van der Waals surface area contributed by atoms with Gasteiger partial charge in [0.2, 0.25) is 0 Å². The summed E-state index contributed by atoms with van der Waals surface area (Å²) in [6, 6.07) is 2.19. The van der Waals surface area contributed by atoms with Gasteiger partial charge in [0.05, 0.1) is 0 Å². The molecule has 0 aliphatic rings. The van der Waals surface area contributed by atoms with Crippen molar-refractivity contribution >= 4 is 11.3 Å². The minimum Gasteiger partial charge on any atom is -0.396 e. The third-order valence-corrected chi connectivity index (χ3v) is 2.59. The molecule has 1 atom stereocenters. The molecular weight excluding hydrogens is 156 g/mol. The minimum atomic E-state index is 0.287. The molecule has 11 heavy (non-hydrogen) atoms. The molecule has 0 amide bonds. The lowest BCUT2D eigenvalue weighted by Gasteiger charge is -2.03. The molecule has 1 nitrogen and oxygen atoms in total. The van der Waals surface area contributed by atoms with Crippen molar-refractivity contribution in [2.45, 2.75) is 20.3 Å². The van der Waals surface area contributed by atoms with Crippen molar-refractivity contribution in [1.82, 2.24) is 0 Å². The van der Waals surface area contributed by atoms with Gasteiger partial charge in [0.25, 0.3) is 0 Å². The first-order valence-electron chi connectivity index (χ1n) is 3.87. The van der Waals surface area contributed by atoms with Gasteiger partial charge in [-0.1, -0.05) is 6.92 Å². The molecule has 1 N–H and O–H groups in total. The van der Waals surface area contributed by atoms with E-state index in [0.717, 1.165) is 6.42 Å². The quantitative estimate of drug-likeness (QED) is 0.737. The predicted octanol–water partition coefficient (Wildman–Crippen LogP) is 2.23. The van der Waals surface area contributed by atoms with Crippen molar-refractivity contribution < 1.29 is 5.11 Å². The van der Waals surface area contributed by atoms with Crippen LogP contribution in [0.15, 0.2) is 11.4 Å². The van der Waals surface area contributed by atoms with Crippen molar-refractivity contribution in [1.29, 1.82) is 0 Å². The molecule has 0 spiro atoms. The Bertz CT molecular complexity index is 217. The third kappa shape index (κ3) is 2.64. The van der Waals surface area contributed by atoms with E-state index in [2.05, 4.69) is 25.3 Å². The van der Waals surface area contributed by atoms with Gasteiger partial charge >= 0.3 is 0 Å². The molecule has 1 heterocycles. The summed E-state index contributed by atoms with van der Waals surface area (Å²) in [6.07, 6.45) is 1.00. The first kappa shape index (κ1) is 8.75. The smallest absolute Gasteiger partial charge is 0.0459 e. The molecule has 0 aliphatic carbocycles. The molecule has 0 saturated carbocycles. The fraction of sp³-hybridized carbons (Fsp3) is 0.556. The van der Waals surface area contributed by atoms with Crippen LogP contribution >= 0.6 is 11.3 Å². The highest BCUT2D eigenvalue weighted by molar-refractivity contribution is 7.10.